The average molecular weight is 272 g/mol. The van der Waals surface area contributed by atoms with E-state index in [9.17, 15) is 0 Å². The predicted molar refractivity (Wildman–Crippen MR) is 88.3 cm³/mol. The maximum Gasteiger partial charge on any atom is 0.0483 e. The lowest BCUT2D eigenvalue weighted by atomic mass is 10.1. The maximum atomic E-state index is 3.64. The molecule has 2 nitrogen and oxygen atoms in total. The number of benzene rings is 1. The van der Waals surface area contributed by atoms with Crippen molar-refractivity contribution in [2.45, 2.75) is 59.0 Å². The molecule has 0 spiro atoms. The lowest BCUT2D eigenvalue weighted by Gasteiger charge is -2.14. The molecule has 0 bridgehead atoms. The van der Waals surface area contributed by atoms with Gasteiger partial charge in [-0.2, -0.15) is 0 Å². The Morgan fingerprint density at radius 2 is 2.00 bits per heavy atom. The van der Waals surface area contributed by atoms with Crippen LogP contribution in [0, 0.1) is 6.92 Å². The van der Waals surface area contributed by atoms with Crippen LogP contribution in [0.3, 0.4) is 0 Å². The van der Waals surface area contributed by atoms with Gasteiger partial charge < -0.3 is 9.88 Å². The van der Waals surface area contributed by atoms with Gasteiger partial charge in [-0.25, -0.2) is 0 Å². The highest BCUT2D eigenvalue weighted by atomic mass is 15.0. The van der Waals surface area contributed by atoms with Gasteiger partial charge in [0, 0.05) is 36.2 Å². The molecule has 2 rings (SSSR count). The van der Waals surface area contributed by atoms with Crippen molar-refractivity contribution in [3.8, 4) is 0 Å². The van der Waals surface area contributed by atoms with Gasteiger partial charge in [0.15, 0.2) is 0 Å². The Labute approximate surface area is 123 Å². The summed E-state index contributed by atoms with van der Waals surface area (Å²) in [5.41, 5.74) is 2.72. The fourth-order valence-corrected chi connectivity index (χ4v) is 2.85. The van der Waals surface area contributed by atoms with Crippen LogP contribution in [-0.2, 0) is 6.54 Å². The van der Waals surface area contributed by atoms with E-state index < -0.39 is 0 Å². The number of fused-ring (bicyclic) bond motifs is 1. The Kier molecular flexibility index (Phi) is 5.66. The summed E-state index contributed by atoms with van der Waals surface area (Å²) >= 11 is 0. The van der Waals surface area contributed by atoms with Gasteiger partial charge >= 0.3 is 0 Å². The molecule has 1 unspecified atom stereocenters. The van der Waals surface area contributed by atoms with Crippen LogP contribution in [-0.4, -0.2) is 17.2 Å². The number of nitrogens with zero attached hydrogens (tertiary/aromatic N) is 1. The van der Waals surface area contributed by atoms with Crippen molar-refractivity contribution in [3.63, 3.8) is 0 Å². The second-order valence-corrected chi connectivity index (χ2v) is 5.87. The van der Waals surface area contributed by atoms with Crippen molar-refractivity contribution < 1.29 is 0 Å². The largest absolute Gasteiger partial charge is 0.346 e. The Balaban J connectivity index is 1.84. The number of aryl methyl sites for hydroxylation is 1. The second-order valence-electron chi connectivity index (χ2n) is 5.87. The molecule has 1 N–H and O–H groups in total. The minimum absolute atomic E-state index is 0.629. The Morgan fingerprint density at radius 3 is 2.80 bits per heavy atom. The Morgan fingerprint density at radius 1 is 1.20 bits per heavy atom. The first-order valence-corrected chi connectivity index (χ1v) is 8.00. The number of nitrogens with one attached hydrogen (secondary N) is 1. The monoisotopic (exact) mass is 272 g/mol. The normalized spacial score (nSPS) is 12.9. The Bertz CT molecular complexity index is 527. The van der Waals surface area contributed by atoms with Crippen molar-refractivity contribution in [1.29, 1.82) is 0 Å². The SMILES string of the molecule is CCCCCC(C)NCCn1cc(C)c2ccccc21. The van der Waals surface area contributed by atoms with Crippen LogP contribution in [0.5, 0.6) is 0 Å². The van der Waals surface area contributed by atoms with E-state index in [1.807, 2.05) is 0 Å². The fraction of sp³-hybridized carbons (Fsp3) is 0.556. The zero-order valence-corrected chi connectivity index (χ0v) is 13.2. The number of hydrogen-bond acceptors (Lipinski definition) is 1. The summed E-state index contributed by atoms with van der Waals surface area (Å²) in [4.78, 5) is 0. The van der Waals surface area contributed by atoms with E-state index in [1.165, 1.54) is 42.1 Å². The highest BCUT2D eigenvalue weighted by molar-refractivity contribution is 5.83. The van der Waals surface area contributed by atoms with E-state index >= 15 is 0 Å². The van der Waals surface area contributed by atoms with Crippen LogP contribution in [0.1, 0.15) is 45.1 Å². The second kappa shape index (κ2) is 7.49. The number of rotatable bonds is 8. The van der Waals surface area contributed by atoms with Crippen molar-refractivity contribution in [1.82, 2.24) is 9.88 Å². The molecule has 0 saturated heterocycles. The van der Waals surface area contributed by atoms with Crippen LogP contribution in [0.15, 0.2) is 30.5 Å². The third kappa shape index (κ3) is 3.86. The molecule has 2 heteroatoms. The molecule has 0 aliphatic rings. The summed E-state index contributed by atoms with van der Waals surface area (Å²) in [6.07, 6.45) is 7.57. The smallest absolute Gasteiger partial charge is 0.0483 e. The summed E-state index contributed by atoms with van der Waals surface area (Å²) in [6, 6.07) is 9.30. The standard InChI is InChI=1S/C18H28N2/c1-4-5-6-9-16(3)19-12-13-20-14-15(2)17-10-7-8-11-18(17)20/h7-8,10-11,14,16,19H,4-6,9,12-13H2,1-3H3. The third-order valence-corrected chi connectivity index (χ3v) is 4.07. The van der Waals surface area contributed by atoms with Crippen LogP contribution in [0.25, 0.3) is 10.9 Å². The van der Waals surface area contributed by atoms with Gasteiger partial charge in [-0.05, 0) is 31.9 Å². The zero-order chi connectivity index (χ0) is 14.4. The summed E-state index contributed by atoms with van der Waals surface area (Å²) in [6.45, 7) is 8.85. The summed E-state index contributed by atoms with van der Waals surface area (Å²) in [7, 11) is 0. The quantitative estimate of drug-likeness (QED) is 0.700. The van der Waals surface area contributed by atoms with Gasteiger partial charge in [-0.1, -0.05) is 44.4 Å². The van der Waals surface area contributed by atoms with E-state index in [1.54, 1.807) is 0 Å². The molecule has 0 fully saturated rings. The molecule has 0 aliphatic heterocycles. The maximum absolute atomic E-state index is 3.64. The molecule has 1 atom stereocenters. The van der Waals surface area contributed by atoms with E-state index in [2.05, 4.69) is 61.1 Å². The molecule has 1 aromatic carbocycles. The number of para-hydroxylation sites is 1. The minimum atomic E-state index is 0.629. The third-order valence-electron chi connectivity index (χ3n) is 4.07. The minimum Gasteiger partial charge on any atom is -0.346 e. The van der Waals surface area contributed by atoms with Crippen molar-refractivity contribution in [3.05, 3.63) is 36.0 Å². The van der Waals surface area contributed by atoms with E-state index in [4.69, 9.17) is 0 Å². The Hall–Kier alpha value is -1.28. The van der Waals surface area contributed by atoms with Gasteiger partial charge in [-0.15, -0.1) is 0 Å². The number of hydrogen-bond donors (Lipinski definition) is 1. The van der Waals surface area contributed by atoms with Crippen LogP contribution in [0.4, 0.5) is 0 Å². The van der Waals surface area contributed by atoms with Crippen molar-refractivity contribution >= 4 is 10.9 Å². The molecule has 1 aromatic heterocycles. The average Bonchev–Trinajstić information content (AvgIpc) is 2.77. The van der Waals surface area contributed by atoms with Crippen molar-refractivity contribution in [2.75, 3.05) is 6.54 Å². The lowest BCUT2D eigenvalue weighted by Crippen LogP contribution is -2.29. The van der Waals surface area contributed by atoms with E-state index in [-0.39, 0.29) is 0 Å². The summed E-state index contributed by atoms with van der Waals surface area (Å²) in [5, 5.41) is 5.02. The summed E-state index contributed by atoms with van der Waals surface area (Å²) < 4.78 is 2.37. The lowest BCUT2D eigenvalue weighted by molar-refractivity contribution is 0.473. The van der Waals surface area contributed by atoms with Gasteiger partial charge in [0.2, 0.25) is 0 Å². The highest BCUT2D eigenvalue weighted by Gasteiger charge is 2.05. The molecule has 2 aromatic rings. The van der Waals surface area contributed by atoms with Gasteiger partial charge in [0.05, 0.1) is 0 Å². The molecule has 0 saturated carbocycles. The number of unbranched alkanes of at least 4 members (excludes halogenated alkanes) is 2. The zero-order valence-electron chi connectivity index (χ0n) is 13.2. The van der Waals surface area contributed by atoms with Gasteiger partial charge in [0.25, 0.3) is 0 Å². The predicted octanol–water partition coefficient (Wildman–Crippen LogP) is 4.51. The first kappa shape index (κ1) is 15.1. The highest BCUT2D eigenvalue weighted by Crippen LogP contribution is 2.19. The molecule has 110 valence electrons. The van der Waals surface area contributed by atoms with Crippen LogP contribution < -0.4 is 5.32 Å². The van der Waals surface area contributed by atoms with E-state index in [0.717, 1.165) is 13.1 Å². The van der Waals surface area contributed by atoms with Crippen LogP contribution in [0.2, 0.25) is 0 Å². The van der Waals surface area contributed by atoms with E-state index in [0.29, 0.717) is 6.04 Å². The fourth-order valence-electron chi connectivity index (χ4n) is 2.85. The molecular formula is C18H28N2. The molecule has 0 amide bonds. The van der Waals surface area contributed by atoms with Gasteiger partial charge in [-0.3, -0.25) is 0 Å². The molecule has 0 aliphatic carbocycles. The summed E-state index contributed by atoms with van der Waals surface area (Å²) in [5.74, 6) is 0. The van der Waals surface area contributed by atoms with Crippen LogP contribution >= 0.6 is 0 Å². The molecule has 1 heterocycles. The molecular weight excluding hydrogens is 244 g/mol. The van der Waals surface area contributed by atoms with Gasteiger partial charge in [0.1, 0.15) is 0 Å². The first-order chi connectivity index (χ1) is 9.72. The topological polar surface area (TPSA) is 17.0 Å². The molecule has 20 heavy (non-hydrogen) atoms. The first-order valence-electron chi connectivity index (χ1n) is 8.00. The number of aromatic nitrogens is 1. The molecule has 0 radical (unpaired) electrons. The van der Waals surface area contributed by atoms with Crippen molar-refractivity contribution in [2.24, 2.45) is 0 Å².